The average molecular weight is 474 g/mol. The molecule has 0 radical (unpaired) electrons. The van der Waals surface area contributed by atoms with Gasteiger partial charge in [-0.3, -0.25) is 4.79 Å². The Morgan fingerprint density at radius 1 is 0.862 bits per heavy atom. The highest BCUT2D eigenvalue weighted by Crippen LogP contribution is 2.22. The third-order valence-corrected chi connectivity index (χ3v) is 5.22. The number of urea groups is 1. The molecule has 0 bridgehead atoms. The maximum atomic E-state index is 13.8. The molecular formula is C21H17BrFN3O2S. The maximum Gasteiger partial charge on any atom is 0.323 e. The summed E-state index contributed by atoms with van der Waals surface area (Å²) in [4.78, 5) is 24.9. The summed E-state index contributed by atoms with van der Waals surface area (Å²) >= 11 is 4.49. The third kappa shape index (κ3) is 6.62. The van der Waals surface area contributed by atoms with Crippen LogP contribution in [0, 0.1) is 5.82 Å². The van der Waals surface area contributed by atoms with Gasteiger partial charge in [-0.05, 0) is 54.6 Å². The lowest BCUT2D eigenvalue weighted by atomic mass is 10.3. The molecule has 0 heterocycles. The van der Waals surface area contributed by atoms with E-state index in [1.807, 2.05) is 18.2 Å². The van der Waals surface area contributed by atoms with E-state index in [-0.39, 0.29) is 23.4 Å². The zero-order valence-electron chi connectivity index (χ0n) is 15.1. The van der Waals surface area contributed by atoms with Crippen LogP contribution in [0.5, 0.6) is 0 Å². The lowest BCUT2D eigenvalue weighted by Crippen LogP contribution is -2.19. The molecule has 0 aliphatic rings. The Morgan fingerprint density at radius 2 is 1.52 bits per heavy atom. The summed E-state index contributed by atoms with van der Waals surface area (Å²) < 4.78 is 14.4. The fourth-order valence-corrected chi connectivity index (χ4v) is 3.41. The molecular weight excluding hydrogens is 457 g/mol. The predicted octanol–water partition coefficient (Wildman–Crippen LogP) is 5.96. The van der Waals surface area contributed by atoms with Crippen molar-refractivity contribution in [3.8, 4) is 0 Å². The number of hydrogen-bond donors (Lipinski definition) is 3. The van der Waals surface area contributed by atoms with E-state index >= 15 is 0 Å². The molecule has 0 atom stereocenters. The lowest BCUT2D eigenvalue weighted by molar-refractivity contribution is -0.113. The van der Waals surface area contributed by atoms with Gasteiger partial charge in [-0.15, -0.1) is 11.8 Å². The number of carbonyl (C=O) groups is 2. The second-order valence-electron chi connectivity index (χ2n) is 5.93. The van der Waals surface area contributed by atoms with Crippen LogP contribution < -0.4 is 16.0 Å². The van der Waals surface area contributed by atoms with Crippen LogP contribution in [0.4, 0.5) is 26.2 Å². The number of nitrogens with one attached hydrogen (secondary N) is 3. The van der Waals surface area contributed by atoms with E-state index in [0.717, 1.165) is 4.90 Å². The van der Waals surface area contributed by atoms with Crippen LogP contribution in [-0.4, -0.2) is 17.7 Å². The molecule has 3 amide bonds. The van der Waals surface area contributed by atoms with Crippen molar-refractivity contribution >= 4 is 56.7 Å². The van der Waals surface area contributed by atoms with Gasteiger partial charge in [0.05, 0.1) is 11.4 Å². The van der Waals surface area contributed by atoms with Crippen LogP contribution in [0.2, 0.25) is 0 Å². The summed E-state index contributed by atoms with van der Waals surface area (Å²) in [6.07, 6.45) is 0. The standard InChI is InChI=1S/C21H17BrFN3O2S/c22-14-6-11-19(18(23)12-14)26-20(27)13-29-17-9-7-16(8-10-17)25-21(28)24-15-4-2-1-3-5-15/h1-12H,13H2,(H,26,27)(H2,24,25,28). The molecule has 8 heteroatoms. The number of para-hydroxylation sites is 1. The second-order valence-corrected chi connectivity index (χ2v) is 7.89. The molecule has 5 nitrogen and oxygen atoms in total. The van der Waals surface area contributed by atoms with E-state index in [1.54, 1.807) is 42.5 Å². The van der Waals surface area contributed by atoms with Crippen molar-refractivity contribution in [1.82, 2.24) is 0 Å². The number of carbonyl (C=O) groups excluding carboxylic acids is 2. The van der Waals surface area contributed by atoms with Gasteiger partial charge in [0.1, 0.15) is 5.82 Å². The third-order valence-electron chi connectivity index (χ3n) is 3.72. The fraction of sp³-hybridized carbons (Fsp3) is 0.0476. The first-order valence-corrected chi connectivity index (χ1v) is 10.4. The molecule has 3 aromatic carbocycles. The van der Waals surface area contributed by atoms with Crippen molar-refractivity contribution < 1.29 is 14.0 Å². The first-order chi connectivity index (χ1) is 14.0. The molecule has 0 saturated carbocycles. The second kappa shape index (κ2) is 10.1. The van der Waals surface area contributed by atoms with Crippen LogP contribution in [0.15, 0.2) is 82.2 Å². The highest BCUT2D eigenvalue weighted by molar-refractivity contribution is 9.10. The fourth-order valence-electron chi connectivity index (χ4n) is 2.38. The van der Waals surface area contributed by atoms with Gasteiger partial charge < -0.3 is 16.0 Å². The molecule has 148 valence electrons. The molecule has 0 saturated heterocycles. The van der Waals surface area contributed by atoms with Crippen LogP contribution in [0.3, 0.4) is 0 Å². The Labute approximate surface area is 180 Å². The van der Waals surface area contributed by atoms with E-state index in [9.17, 15) is 14.0 Å². The van der Waals surface area contributed by atoms with Gasteiger partial charge in [0.2, 0.25) is 5.91 Å². The molecule has 0 unspecified atom stereocenters. The van der Waals surface area contributed by atoms with Gasteiger partial charge in [0.25, 0.3) is 0 Å². The number of rotatable bonds is 6. The zero-order chi connectivity index (χ0) is 20.6. The Hall–Kier alpha value is -2.84. The molecule has 3 aromatic rings. The van der Waals surface area contributed by atoms with Crippen molar-refractivity contribution in [2.75, 3.05) is 21.7 Å². The average Bonchev–Trinajstić information content (AvgIpc) is 2.70. The quantitative estimate of drug-likeness (QED) is 0.386. The number of benzene rings is 3. The summed E-state index contributed by atoms with van der Waals surface area (Å²) in [6, 6.07) is 20.4. The van der Waals surface area contributed by atoms with Gasteiger partial charge in [0.15, 0.2) is 0 Å². The monoisotopic (exact) mass is 473 g/mol. The van der Waals surface area contributed by atoms with Gasteiger partial charge in [-0.25, -0.2) is 9.18 Å². The highest BCUT2D eigenvalue weighted by Gasteiger charge is 2.08. The van der Waals surface area contributed by atoms with E-state index < -0.39 is 5.82 Å². The van der Waals surface area contributed by atoms with Crippen molar-refractivity contribution in [3.63, 3.8) is 0 Å². The SMILES string of the molecule is O=C(CSc1ccc(NC(=O)Nc2ccccc2)cc1)Nc1ccc(Br)cc1F. The molecule has 29 heavy (non-hydrogen) atoms. The molecule has 0 aromatic heterocycles. The van der Waals surface area contributed by atoms with E-state index in [0.29, 0.717) is 15.8 Å². The number of hydrogen-bond acceptors (Lipinski definition) is 3. The van der Waals surface area contributed by atoms with Crippen molar-refractivity contribution in [2.45, 2.75) is 4.90 Å². The first-order valence-electron chi connectivity index (χ1n) is 8.60. The number of halogens is 2. The summed E-state index contributed by atoms with van der Waals surface area (Å²) in [5.74, 6) is -0.667. The Kier molecular flexibility index (Phi) is 7.26. The Balaban J connectivity index is 1.47. The topological polar surface area (TPSA) is 70.2 Å². The molecule has 0 fully saturated rings. The maximum absolute atomic E-state index is 13.8. The van der Waals surface area contributed by atoms with E-state index in [4.69, 9.17) is 0 Å². The van der Waals surface area contributed by atoms with Crippen LogP contribution in [0.1, 0.15) is 0 Å². The smallest absolute Gasteiger partial charge is 0.323 e. The van der Waals surface area contributed by atoms with Crippen molar-refractivity contribution in [3.05, 3.63) is 83.1 Å². The minimum absolute atomic E-state index is 0.136. The molecule has 3 rings (SSSR count). The van der Waals surface area contributed by atoms with Crippen LogP contribution in [-0.2, 0) is 4.79 Å². The lowest BCUT2D eigenvalue weighted by Gasteiger charge is -2.09. The Bertz CT molecular complexity index is 1000. The van der Waals surface area contributed by atoms with Crippen LogP contribution >= 0.6 is 27.7 Å². The van der Waals surface area contributed by atoms with Gasteiger partial charge >= 0.3 is 6.03 Å². The number of thioether (sulfide) groups is 1. The Morgan fingerprint density at radius 3 is 2.17 bits per heavy atom. The van der Waals surface area contributed by atoms with Crippen molar-refractivity contribution in [1.29, 1.82) is 0 Å². The summed E-state index contributed by atoms with van der Waals surface area (Å²) in [5.41, 5.74) is 1.47. The van der Waals surface area contributed by atoms with Crippen LogP contribution in [0.25, 0.3) is 0 Å². The largest absolute Gasteiger partial charge is 0.323 e. The van der Waals surface area contributed by atoms with Gasteiger partial charge in [0, 0.05) is 20.7 Å². The molecule has 3 N–H and O–H groups in total. The summed E-state index contributed by atoms with van der Waals surface area (Å²) in [7, 11) is 0. The first kappa shape index (κ1) is 20.9. The summed E-state index contributed by atoms with van der Waals surface area (Å²) in [5, 5.41) is 8.02. The number of anilines is 3. The minimum atomic E-state index is -0.498. The van der Waals surface area contributed by atoms with E-state index in [1.165, 1.54) is 23.9 Å². The van der Waals surface area contributed by atoms with Gasteiger partial charge in [-0.2, -0.15) is 0 Å². The molecule has 0 aliphatic carbocycles. The zero-order valence-corrected chi connectivity index (χ0v) is 17.5. The van der Waals surface area contributed by atoms with Crippen molar-refractivity contribution in [2.24, 2.45) is 0 Å². The molecule has 0 aliphatic heterocycles. The summed E-state index contributed by atoms with van der Waals surface area (Å²) in [6.45, 7) is 0. The number of amides is 3. The molecule has 0 spiro atoms. The van der Waals surface area contributed by atoms with E-state index in [2.05, 4.69) is 31.9 Å². The highest BCUT2D eigenvalue weighted by atomic mass is 79.9. The normalized spacial score (nSPS) is 10.3. The van der Waals surface area contributed by atoms with Gasteiger partial charge in [-0.1, -0.05) is 34.1 Å². The predicted molar refractivity (Wildman–Crippen MR) is 119 cm³/mol. The minimum Gasteiger partial charge on any atom is -0.323 e.